The molecule has 0 saturated carbocycles. The van der Waals surface area contributed by atoms with E-state index in [0.29, 0.717) is 30.8 Å². The minimum Gasteiger partial charge on any atom is -0.467 e. The van der Waals surface area contributed by atoms with Crippen LogP contribution in [0.2, 0.25) is 0 Å². The van der Waals surface area contributed by atoms with Crippen molar-refractivity contribution >= 4 is 32.7 Å². The number of aromatic nitrogens is 2. The summed E-state index contributed by atoms with van der Waals surface area (Å²) in [7, 11) is -0.552. The Labute approximate surface area is 205 Å². The summed E-state index contributed by atoms with van der Waals surface area (Å²) in [5, 5.41) is 0. The lowest BCUT2D eigenvalue weighted by atomic mass is 10.2. The van der Waals surface area contributed by atoms with Gasteiger partial charge in [0.25, 0.3) is 0 Å². The van der Waals surface area contributed by atoms with Crippen LogP contribution in [-0.2, 0) is 34.3 Å². The maximum atomic E-state index is 13.4. The number of nitrogens with zero attached hydrogens (tertiary/aromatic N) is 4. The van der Waals surface area contributed by atoms with Gasteiger partial charge in [0, 0.05) is 39.2 Å². The third kappa shape index (κ3) is 5.16. The maximum absolute atomic E-state index is 13.4. The molecule has 9 heteroatoms. The lowest BCUT2D eigenvalue weighted by Gasteiger charge is -2.22. The molecule has 0 aliphatic carbocycles. The molecule has 2 aromatic carbocycles. The van der Waals surface area contributed by atoms with E-state index >= 15 is 0 Å². The number of amides is 1. The quantitative estimate of drug-likeness (QED) is 0.345. The normalized spacial score (nSPS) is 11.9. The van der Waals surface area contributed by atoms with Crippen LogP contribution in [0.3, 0.4) is 0 Å². The Bertz CT molecular complexity index is 1420. The zero-order chi connectivity index (χ0) is 25.2. The highest BCUT2D eigenvalue weighted by Gasteiger charge is 2.21. The van der Waals surface area contributed by atoms with Crippen LogP contribution in [0.4, 0.5) is 5.69 Å². The van der Waals surface area contributed by atoms with Crippen LogP contribution in [0.25, 0.3) is 11.0 Å². The van der Waals surface area contributed by atoms with E-state index in [-0.39, 0.29) is 17.2 Å². The molecule has 2 heterocycles. The van der Waals surface area contributed by atoms with Crippen molar-refractivity contribution in [1.29, 1.82) is 0 Å². The van der Waals surface area contributed by atoms with E-state index in [4.69, 9.17) is 9.40 Å². The second-order valence-electron chi connectivity index (χ2n) is 8.61. The molecule has 0 atom stereocenters. The van der Waals surface area contributed by atoms with E-state index in [1.165, 1.54) is 18.4 Å². The number of furan rings is 1. The molecule has 4 aromatic rings. The molecule has 0 unspecified atom stereocenters. The molecule has 0 saturated heterocycles. The Morgan fingerprint density at radius 2 is 1.83 bits per heavy atom. The highest BCUT2D eigenvalue weighted by molar-refractivity contribution is 7.89. The fraction of sp³-hybridized carbons (Fsp3) is 0.308. The molecule has 0 fully saturated rings. The summed E-state index contributed by atoms with van der Waals surface area (Å²) in [5.74, 6) is 1.40. The highest BCUT2D eigenvalue weighted by Crippen LogP contribution is 2.24. The van der Waals surface area contributed by atoms with Crippen LogP contribution in [-0.4, -0.2) is 42.3 Å². The first-order chi connectivity index (χ1) is 16.7. The second-order valence-corrected chi connectivity index (χ2v) is 10.8. The van der Waals surface area contributed by atoms with Crippen molar-refractivity contribution in [2.75, 3.05) is 19.0 Å². The molecule has 0 bridgehead atoms. The van der Waals surface area contributed by atoms with Gasteiger partial charge in [0.1, 0.15) is 11.6 Å². The largest absolute Gasteiger partial charge is 0.467 e. The van der Waals surface area contributed by atoms with Gasteiger partial charge in [-0.15, -0.1) is 0 Å². The average Bonchev–Trinajstić information content (AvgIpc) is 3.48. The molecular weight excluding hydrogens is 464 g/mol. The van der Waals surface area contributed by atoms with Crippen molar-refractivity contribution in [2.24, 2.45) is 0 Å². The number of aryl methyl sites for hydroxylation is 3. The number of hydrogen-bond donors (Lipinski definition) is 0. The van der Waals surface area contributed by atoms with Crippen LogP contribution in [0.15, 0.2) is 70.2 Å². The molecule has 184 valence electrons. The number of anilines is 1. The number of sulfonamides is 1. The Morgan fingerprint density at radius 3 is 2.46 bits per heavy atom. The first kappa shape index (κ1) is 24.7. The van der Waals surface area contributed by atoms with Gasteiger partial charge in [0.2, 0.25) is 15.9 Å². The maximum Gasteiger partial charge on any atom is 0.242 e. The summed E-state index contributed by atoms with van der Waals surface area (Å²) < 4.78 is 33.8. The lowest BCUT2D eigenvalue weighted by Crippen LogP contribution is -2.30. The van der Waals surface area contributed by atoms with Gasteiger partial charge in [-0.05, 0) is 56.3 Å². The predicted octanol–water partition coefficient (Wildman–Crippen LogP) is 4.37. The SMILES string of the molecule is CCn1c(CCC(=O)N(Cc2ccco2)c2ccc(C)cc2)nc2cc(S(=O)(=O)N(C)C)ccc21. The van der Waals surface area contributed by atoms with E-state index < -0.39 is 10.0 Å². The molecule has 1 amide bonds. The molecule has 0 radical (unpaired) electrons. The number of fused-ring (bicyclic) bond motifs is 1. The van der Waals surface area contributed by atoms with Gasteiger partial charge >= 0.3 is 0 Å². The van der Waals surface area contributed by atoms with Crippen LogP contribution in [0.5, 0.6) is 0 Å². The summed E-state index contributed by atoms with van der Waals surface area (Å²) in [5.41, 5.74) is 3.37. The van der Waals surface area contributed by atoms with E-state index in [1.807, 2.05) is 54.8 Å². The number of rotatable bonds is 9. The fourth-order valence-electron chi connectivity index (χ4n) is 4.03. The summed E-state index contributed by atoms with van der Waals surface area (Å²) in [6.07, 6.45) is 2.28. The first-order valence-electron chi connectivity index (χ1n) is 11.5. The molecular formula is C26H30N4O4S. The van der Waals surface area contributed by atoms with Crippen molar-refractivity contribution < 1.29 is 17.6 Å². The Morgan fingerprint density at radius 1 is 1.09 bits per heavy atom. The molecule has 0 N–H and O–H groups in total. The van der Waals surface area contributed by atoms with Gasteiger partial charge in [-0.25, -0.2) is 17.7 Å². The molecule has 0 aliphatic rings. The van der Waals surface area contributed by atoms with Crippen LogP contribution in [0.1, 0.15) is 30.5 Å². The average molecular weight is 495 g/mol. The smallest absolute Gasteiger partial charge is 0.242 e. The van der Waals surface area contributed by atoms with Crippen molar-refractivity contribution in [3.63, 3.8) is 0 Å². The number of imidazole rings is 1. The van der Waals surface area contributed by atoms with Crippen LogP contribution in [0, 0.1) is 6.92 Å². The van der Waals surface area contributed by atoms with Gasteiger partial charge < -0.3 is 13.9 Å². The minimum absolute atomic E-state index is 0.0455. The van der Waals surface area contributed by atoms with Gasteiger partial charge in [-0.2, -0.15) is 0 Å². The molecule has 0 spiro atoms. The molecule has 8 nitrogen and oxygen atoms in total. The lowest BCUT2D eigenvalue weighted by molar-refractivity contribution is -0.118. The van der Waals surface area contributed by atoms with E-state index in [9.17, 15) is 13.2 Å². The van der Waals surface area contributed by atoms with E-state index in [2.05, 4.69) is 0 Å². The summed E-state index contributed by atoms with van der Waals surface area (Å²) >= 11 is 0. The first-order valence-corrected chi connectivity index (χ1v) is 13.0. The highest BCUT2D eigenvalue weighted by atomic mass is 32.2. The summed E-state index contributed by atoms with van der Waals surface area (Å²) in [6, 6.07) is 16.5. The summed E-state index contributed by atoms with van der Waals surface area (Å²) in [4.78, 5) is 20.0. The van der Waals surface area contributed by atoms with Crippen molar-refractivity contribution in [3.05, 3.63) is 78.0 Å². The van der Waals surface area contributed by atoms with E-state index in [1.54, 1.807) is 29.4 Å². The zero-order valence-electron chi connectivity index (χ0n) is 20.4. The zero-order valence-corrected chi connectivity index (χ0v) is 21.2. The second kappa shape index (κ2) is 10.1. The number of carbonyl (C=O) groups is 1. The molecule has 35 heavy (non-hydrogen) atoms. The third-order valence-corrected chi connectivity index (χ3v) is 7.81. The number of hydrogen-bond acceptors (Lipinski definition) is 5. The van der Waals surface area contributed by atoms with Crippen molar-refractivity contribution in [1.82, 2.24) is 13.9 Å². The third-order valence-electron chi connectivity index (χ3n) is 6.00. The Kier molecular flexibility index (Phi) is 7.09. The molecule has 4 rings (SSSR count). The topological polar surface area (TPSA) is 88.6 Å². The monoisotopic (exact) mass is 494 g/mol. The number of carbonyl (C=O) groups excluding carboxylic acids is 1. The van der Waals surface area contributed by atoms with Gasteiger partial charge in [-0.1, -0.05) is 17.7 Å². The van der Waals surface area contributed by atoms with E-state index in [0.717, 1.165) is 22.6 Å². The fourth-order valence-corrected chi connectivity index (χ4v) is 4.96. The molecule has 2 aromatic heterocycles. The summed E-state index contributed by atoms with van der Waals surface area (Å²) in [6.45, 7) is 5.01. The van der Waals surface area contributed by atoms with Crippen molar-refractivity contribution in [3.8, 4) is 0 Å². The van der Waals surface area contributed by atoms with Gasteiger partial charge in [0.15, 0.2) is 0 Å². The Balaban J connectivity index is 1.59. The Hall–Kier alpha value is -3.43. The van der Waals surface area contributed by atoms with Crippen LogP contribution < -0.4 is 4.90 Å². The van der Waals surface area contributed by atoms with Crippen LogP contribution >= 0.6 is 0 Å². The number of benzene rings is 2. The minimum atomic E-state index is -3.56. The van der Waals surface area contributed by atoms with Crippen molar-refractivity contribution in [2.45, 2.75) is 44.7 Å². The predicted molar refractivity (Wildman–Crippen MR) is 136 cm³/mol. The van der Waals surface area contributed by atoms with Gasteiger partial charge in [-0.3, -0.25) is 4.79 Å². The van der Waals surface area contributed by atoms with Gasteiger partial charge in [0.05, 0.1) is 28.7 Å². The molecule has 0 aliphatic heterocycles. The standard InChI is InChI=1S/C26H30N4O4S/c1-5-29-24-13-12-22(35(32,33)28(3)4)17-23(24)27-25(29)14-15-26(31)30(18-21-7-6-16-34-21)20-10-8-19(2)9-11-20/h6-13,16-17H,5,14-15,18H2,1-4H3.